The van der Waals surface area contributed by atoms with Crippen molar-refractivity contribution in [1.29, 1.82) is 0 Å². The van der Waals surface area contributed by atoms with E-state index in [2.05, 4.69) is 10.3 Å². The zero-order chi connectivity index (χ0) is 9.97. The highest BCUT2D eigenvalue weighted by molar-refractivity contribution is 5.85. The number of hydrogen-bond donors (Lipinski definition) is 2. The fraction of sp³-hybridized carbons (Fsp3) is 0. The largest absolute Gasteiger partial charge is 0.465 e. The van der Waals surface area contributed by atoms with Crippen LogP contribution in [0.3, 0.4) is 0 Å². The molecular formula is C10H8N2O2. The molecule has 0 bridgehead atoms. The number of anilines is 1. The first-order valence-corrected chi connectivity index (χ1v) is 4.11. The maximum atomic E-state index is 10.4. The van der Waals surface area contributed by atoms with E-state index in [1.54, 1.807) is 6.07 Å². The molecule has 14 heavy (non-hydrogen) atoms. The maximum absolute atomic E-state index is 10.4. The third-order valence-electron chi connectivity index (χ3n) is 1.83. The number of nitrogens with zero attached hydrogens (tertiary/aromatic N) is 1. The molecule has 2 aromatic rings. The first-order valence-electron chi connectivity index (χ1n) is 4.11. The Hall–Kier alpha value is -2.10. The van der Waals surface area contributed by atoms with Crippen LogP contribution in [0.15, 0.2) is 36.4 Å². The Morgan fingerprint density at radius 3 is 2.79 bits per heavy atom. The van der Waals surface area contributed by atoms with Gasteiger partial charge in [-0.25, -0.2) is 9.78 Å². The van der Waals surface area contributed by atoms with Gasteiger partial charge >= 0.3 is 6.09 Å². The Labute approximate surface area is 80.2 Å². The monoisotopic (exact) mass is 188 g/mol. The minimum Gasteiger partial charge on any atom is -0.465 e. The number of pyridine rings is 1. The Bertz CT molecular complexity index is 482. The Balaban J connectivity index is 2.46. The van der Waals surface area contributed by atoms with Gasteiger partial charge in [-0.2, -0.15) is 0 Å². The lowest BCUT2D eigenvalue weighted by Gasteiger charge is -2.01. The lowest BCUT2D eigenvalue weighted by Crippen LogP contribution is -2.08. The summed E-state index contributed by atoms with van der Waals surface area (Å²) < 4.78 is 0. The van der Waals surface area contributed by atoms with Crippen LogP contribution in [-0.2, 0) is 0 Å². The normalized spacial score (nSPS) is 10.0. The summed E-state index contributed by atoms with van der Waals surface area (Å²) in [4.78, 5) is 14.5. The van der Waals surface area contributed by atoms with Gasteiger partial charge in [0.15, 0.2) is 0 Å². The number of fused-ring (bicyclic) bond motifs is 1. The second-order valence-electron chi connectivity index (χ2n) is 2.82. The minimum absolute atomic E-state index is 0.344. The van der Waals surface area contributed by atoms with E-state index in [4.69, 9.17) is 5.11 Å². The molecule has 4 heteroatoms. The van der Waals surface area contributed by atoms with Crippen LogP contribution in [0.1, 0.15) is 0 Å². The number of carbonyl (C=O) groups is 1. The molecule has 1 heterocycles. The highest BCUT2D eigenvalue weighted by atomic mass is 16.4. The predicted molar refractivity (Wildman–Crippen MR) is 53.4 cm³/mol. The number of aromatic nitrogens is 1. The molecule has 1 amide bonds. The van der Waals surface area contributed by atoms with Crippen LogP contribution < -0.4 is 5.32 Å². The summed E-state index contributed by atoms with van der Waals surface area (Å²) >= 11 is 0. The second-order valence-corrected chi connectivity index (χ2v) is 2.82. The number of benzene rings is 1. The van der Waals surface area contributed by atoms with E-state index in [0.717, 1.165) is 10.9 Å². The Morgan fingerprint density at radius 1 is 1.21 bits per heavy atom. The fourth-order valence-electron chi connectivity index (χ4n) is 1.25. The van der Waals surface area contributed by atoms with Gasteiger partial charge in [0.05, 0.1) is 5.52 Å². The number of rotatable bonds is 1. The predicted octanol–water partition coefficient (Wildman–Crippen LogP) is 2.32. The molecule has 0 saturated carbocycles. The number of carboxylic acid groups (broad SMARTS) is 1. The molecule has 0 aliphatic rings. The van der Waals surface area contributed by atoms with Gasteiger partial charge in [0.1, 0.15) is 5.82 Å². The van der Waals surface area contributed by atoms with Gasteiger partial charge in [-0.3, -0.25) is 5.32 Å². The summed E-state index contributed by atoms with van der Waals surface area (Å²) in [5.74, 6) is 0.344. The van der Waals surface area contributed by atoms with E-state index >= 15 is 0 Å². The quantitative estimate of drug-likeness (QED) is 0.721. The van der Waals surface area contributed by atoms with Crippen molar-refractivity contribution in [2.75, 3.05) is 5.32 Å². The van der Waals surface area contributed by atoms with Crippen molar-refractivity contribution < 1.29 is 9.90 Å². The molecule has 70 valence electrons. The lowest BCUT2D eigenvalue weighted by molar-refractivity contribution is 0.209. The molecule has 1 aromatic heterocycles. The van der Waals surface area contributed by atoms with Crippen LogP contribution in [0.5, 0.6) is 0 Å². The summed E-state index contributed by atoms with van der Waals surface area (Å²) in [5.41, 5.74) is 0.777. The highest BCUT2D eigenvalue weighted by Gasteiger charge is 1.99. The van der Waals surface area contributed by atoms with Crippen molar-refractivity contribution in [3.63, 3.8) is 0 Å². The standard InChI is InChI=1S/C10H8N2O2/c13-10(14)12-9-6-5-7-3-1-2-4-8(7)11-9/h1-6H,(H,11,12)(H,13,14). The molecule has 0 radical (unpaired) electrons. The third kappa shape index (κ3) is 1.64. The summed E-state index contributed by atoms with van der Waals surface area (Å²) in [6, 6.07) is 11.0. The van der Waals surface area contributed by atoms with Gasteiger partial charge in [-0.15, -0.1) is 0 Å². The van der Waals surface area contributed by atoms with Crippen molar-refractivity contribution in [1.82, 2.24) is 4.98 Å². The number of amides is 1. The van der Waals surface area contributed by atoms with Crippen molar-refractivity contribution in [2.24, 2.45) is 0 Å². The van der Waals surface area contributed by atoms with Gasteiger partial charge < -0.3 is 5.11 Å². The van der Waals surface area contributed by atoms with Crippen LogP contribution in [0.2, 0.25) is 0 Å². The summed E-state index contributed by atoms with van der Waals surface area (Å²) in [7, 11) is 0. The second kappa shape index (κ2) is 3.33. The molecule has 2 rings (SSSR count). The van der Waals surface area contributed by atoms with Crippen LogP contribution in [0.4, 0.5) is 10.6 Å². The molecule has 0 aliphatic carbocycles. The Kier molecular flexibility index (Phi) is 2.02. The molecule has 0 unspecified atom stereocenters. The third-order valence-corrected chi connectivity index (χ3v) is 1.83. The van der Waals surface area contributed by atoms with Gasteiger partial charge in [0.2, 0.25) is 0 Å². The van der Waals surface area contributed by atoms with Crippen molar-refractivity contribution in [2.45, 2.75) is 0 Å². The molecule has 0 atom stereocenters. The molecule has 0 aliphatic heterocycles. The molecule has 2 N–H and O–H groups in total. The molecule has 1 aromatic carbocycles. The first kappa shape index (κ1) is 8.50. The number of para-hydroxylation sites is 1. The number of nitrogens with one attached hydrogen (secondary N) is 1. The van der Waals surface area contributed by atoms with Gasteiger partial charge in [-0.1, -0.05) is 18.2 Å². The summed E-state index contributed by atoms with van der Waals surface area (Å²) in [6.45, 7) is 0. The zero-order valence-corrected chi connectivity index (χ0v) is 7.27. The lowest BCUT2D eigenvalue weighted by atomic mass is 10.2. The van der Waals surface area contributed by atoms with E-state index in [1.807, 2.05) is 30.3 Å². The van der Waals surface area contributed by atoms with Crippen molar-refractivity contribution in [3.05, 3.63) is 36.4 Å². The molecule has 0 fully saturated rings. The van der Waals surface area contributed by atoms with E-state index in [0.29, 0.717) is 5.82 Å². The van der Waals surface area contributed by atoms with Crippen LogP contribution in [0.25, 0.3) is 10.9 Å². The van der Waals surface area contributed by atoms with Crippen molar-refractivity contribution >= 4 is 22.8 Å². The van der Waals surface area contributed by atoms with Crippen LogP contribution in [0, 0.1) is 0 Å². The smallest absolute Gasteiger partial charge is 0.410 e. The van der Waals surface area contributed by atoms with Gasteiger partial charge in [0, 0.05) is 5.39 Å². The van der Waals surface area contributed by atoms with Gasteiger partial charge in [0.25, 0.3) is 0 Å². The van der Waals surface area contributed by atoms with Gasteiger partial charge in [-0.05, 0) is 18.2 Å². The fourth-order valence-corrected chi connectivity index (χ4v) is 1.25. The molecule has 0 saturated heterocycles. The average Bonchev–Trinajstić information content (AvgIpc) is 2.17. The highest BCUT2D eigenvalue weighted by Crippen LogP contribution is 2.14. The molecular weight excluding hydrogens is 180 g/mol. The zero-order valence-electron chi connectivity index (χ0n) is 7.27. The van der Waals surface area contributed by atoms with E-state index in [-0.39, 0.29) is 0 Å². The maximum Gasteiger partial charge on any atom is 0.410 e. The average molecular weight is 188 g/mol. The van der Waals surface area contributed by atoms with Crippen LogP contribution in [-0.4, -0.2) is 16.2 Å². The SMILES string of the molecule is O=C(O)Nc1ccc2ccccc2n1. The Morgan fingerprint density at radius 2 is 2.00 bits per heavy atom. The summed E-state index contributed by atoms with van der Waals surface area (Å²) in [6.07, 6.45) is -1.10. The topological polar surface area (TPSA) is 62.2 Å². The number of hydrogen-bond acceptors (Lipinski definition) is 2. The van der Waals surface area contributed by atoms with Crippen LogP contribution >= 0.6 is 0 Å². The molecule has 0 spiro atoms. The van der Waals surface area contributed by atoms with E-state index < -0.39 is 6.09 Å². The van der Waals surface area contributed by atoms with E-state index in [9.17, 15) is 4.79 Å². The van der Waals surface area contributed by atoms with Crippen molar-refractivity contribution in [3.8, 4) is 0 Å². The first-order chi connectivity index (χ1) is 6.75. The minimum atomic E-state index is -1.10. The van der Waals surface area contributed by atoms with E-state index in [1.165, 1.54) is 0 Å². The summed E-state index contributed by atoms with van der Waals surface area (Å²) in [5, 5.41) is 11.7. The molecule has 4 nitrogen and oxygen atoms in total.